The molecule has 0 radical (unpaired) electrons. The highest BCUT2D eigenvalue weighted by atomic mass is 19.3. The third kappa shape index (κ3) is 2.66. The fraction of sp³-hybridized carbons (Fsp3) is 0.0769. The standard InChI is InChI=1S/C13H7F5O2/c14-8-5-6(1-4-10(8)20-13(17)18)7-2-3-9(19)12(16)11(7)15/h1-5,13,19H. The molecule has 2 nitrogen and oxygen atoms in total. The van der Waals surface area contributed by atoms with E-state index < -0.39 is 35.6 Å². The predicted octanol–water partition coefficient (Wildman–Crippen LogP) is 4.08. The van der Waals surface area contributed by atoms with Gasteiger partial charge in [-0.1, -0.05) is 6.07 Å². The van der Waals surface area contributed by atoms with Crippen molar-refractivity contribution < 1.29 is 31.8 Å². The van der Waals surface area contributed by atoms with Gasteiger partial charge in [0.1, 0.15) is 0 Å². The second kappa shape index (κ2) is 5.36. The third-order valence-electron chi connectivity index (χ3n) is 2.52. The molecule has 0 saturated carbocycles. The van der Waals surface area contributed by atoms with Crippen molar-refractivity contribution >= 4 is 0 Å². The Balaban J connectivity index is 2.44. The molecule has 0 aliphatic heterocycles. The van der Waals surface area contributed by atoms with E-state index in [0.717, 1.165) is 30.3 Å². The van der Waals surface area contributed by atoms with Crippen LogP contribution >= 0.6 is 0 Å². The molecule has 0 aromatic heterocycles. The Hall–Kier alpha value is -2.31. The number of hydrogen-bond acceptors (Lipinski definition) is 2. The zero-order valence-electron chi connectivity index (χ0n) is 9.71. The molecule has 0 fully saturated rings. The van der Waals surface area contributed by atoms with Gasteiger partial charge in [0.15, 0.2) is 23.1 Å². The number of hydrogen-bond donors (Lipinski definition) is 1. The Bertz CT molecular complexity index is 643. The Morgan fingerprint density at radius 1 is 0.950 bits per heavy atom. The molecule has 0 aliphatic carbocycles. The van der Waals surface area contributed by atoms with Gasteiger partial charge in [0.2, 0.25) is 5.82 Å². The fourth-order valence-electron chi connectivity index (χ4n) is 1.62. The number of halogens is 5. The highest BCUT2D eigenvalue weighted by molar-refractivity contribution is 5.66. The summed E-state index contributed by atoms with van der Waals surface area (Å²) in [6.45, 7) is -3.20. The predicted molar refractivity (Wildman–Crippen MR) is 60.0 cm³/mol. The van der Waals surface area contributed by atoms with Crippen molar-refractivity contribution in [3.63, 3.8) is 0 Å². The van der Waals surface area contributed by atoms with Gasteiger partial charge in [-0.2, -0.15) is 13.2 Å². The highest BCUT2D eigenvalue weighted by Gasteiger charge is 2.16. The average Bonchev–Trinajstić information content (AvgIpc) is 2.38. The molecule has 0 atom stereocenters. The van der Waals surface area contributed by atoms with Gasteiger partial charge in [-0.3, -0.25) is 0 Å². The van der Waals surface area contributed by atoms with Crippen LogP contribution in [0.15, 0.2) is 30.3 Å². The number of rotatable bonds is 3. The maximum atomic E-state index is 13.6. The van der Waals surface area contributed by atoms with Crippen LogP contribution in [0.4, 0.5) is 22.0 Å². The second-order valence-corrected chi connectivity index (χ2v) is 3.78. The van der Waals surface area contributed by atoms with E-state index in [0.29, 0.717) is 0 Å². The first-order valence-electron chi connectivity index (χ1n) is 5.32. The van der Waals surface area contributed by atoms with Crippen molar-refractivity contribution in [1.82, 2.24) is 0 Å². The Morgan fingerprint density at radius 2 is 1.65 bits per heavy atom. The summed E-state index contributed by atoms with van der Waals surface area (Å²) in [6, 6.07) is 4.63. The van der Waals surface area contributed by atoms with Crippen LogP contribution < -0.4 is 4.74 Å². The molecule has 0 heterocycles. The number of alkyl halides is 2. The largest absolute Gasteiger partial charge is 0.505 e. The number of aromatic hydroxyl groups is 1. The molecular weight excluding hydrogens is 283 g/mol. The van der Waals surface area contributed by atoms with Crippen molar-refractivity contribution in [1.29, 1.82) is 0 Å². The van der Waals surface area contributed by atoms with E-state index in [-0.39, 0.29) is 11.1 Å². The number of phenolic OH excluding ortho intramolecular Hbond substituents is 1. The lowest BCUT2D eigenvalue weighted by Crippen LogP contribution is -2.03. The zero-order chi connectivity index (χ0) is 14.9. The summed E-state index contributed by atoms with van der Waals surface area (Å²) in [6.07, 6.45) is 0. The van der Waals surface area contributed by atoms with Gasteiger partial charge in [-0.15, -0.1) is 0 Å². The summed E-state index contributed by atoms with van der Waals surface area (Å²) in [5.74, 6) is -5.58. The van der Waals surface area contributed by atoms with Gasteiger partial charge in [-0.25, -0.2) is 8.78 Å². The minimum Gasteiger partial charge on any atom is -0.505 e. The van der Waals surface area contributed by atoms with E-state index in [1.807, 2.05) is 0 Å². The quantitative estimate of drug-likeness (QED) is 0.863. The van der Waals surface area contributed by atoms with Crippen molar-refractivity contribution in [2.75, 3.05) is 0 Å². The van der Waals surface area contributed by atoms with E-state index in [1.165, 1.54) is 0 Å². The van der Waals surface area contributed by atoms with Crippen LogP contribution in [0.3, 0.4) is 0 Å². The number of ether oxygens (including phenoxy) is 1. The molecule has 0 unspecified atom stereocenters. The first kappa shape index (κ1) is 14.1. The molecule has 20 heavy (non-hydrogen) atoms. The third-order valence-corrected chi connectivity index (χ3v) is 2.52. The average molecular weight is 290 g/mol. The SMILES string of the molecule is Oc1ccc(-c2ccc(OC(F)F)c(F)c2)c(F)c1F. The summed E-state index contributed by atoms with van der Waals surface area (Å²) in [7, 11) is 0. The van der Waals surface area contributed by atoms with Crippen molar-refractivity contribution in [3.8, 4) is 22.6 Å². The maximum Gasteiger partial charge on any atom is 0.387 e. The van der Waals surface area contributed by atoms with Gasteiger partial charge >= 0.3 is 6.61 Å². The lowest BCUT2D eigenvalue weighted by molar-refractivity contribution is -0.0521. The van der Waals surface area contributed by atoms with E-state index >= 15 is 0 Å². The van der Waals surface area contributed by atoms with E-state index in [4.69, 9.17) is 5.11 Å². The zero-order valence-corrected chi connectivity index (χ0v) is 9.71. The Kier molecular flexibility index (Phi) is 3.78. The number of phenols is 1. The minimum atomic E-state index is -3.20. The van der Waals surface area contributed by atoms with E-state index in [2.05, 4.69) is 4.74 Å². The number of benzene rings is 2. The molecule has 7 heteroatoms. The Labute approximate surface area is 110 Å². The summed E-state index contributed by atoms with van der Waals surface area (Å²) < 4.78 is 68.1. The molecule has 2 aromatic rings. The molecular formula is C13H7F5O2. The summed E-state index contributed by atoms with van der Waals surface area (Å²) >= 11 is 0. The normalized spacial score (nSPS) is 10.9. The second-order valence-electron chi connectivity index (χ2n) is 3.78. The summed E-state index contributed by atoms with van der Waals surface area (Å²) in [4.78, 5) is 0. The van der Waals surface area contributed by atoms with Crippen LogP contribution in [0.2, 0.25) is 0 Å². The van der Waals surface area contributed by atoms with Gasteiger partial charge in [-0.05, 0) is 29.8 Å². The van der Waals surface area contributed by atoms with Gasteiger partial charge in [0, 0.05) is 5.56 Å². The first-order valence-corrected chi connectivity index (χ1v) is 5.32. The fourth-order valence-corrected chi connectivity index (χ4v) is 1.62. The molecule has 0 spiro atoms. The van der Waals surface area contributed by atoms with Gasteiger partial charge < -0.3 is 9.84 Å². The first-order chi connectivity index (χ1) is 9.40. The van der Waals surface area contributed by atoms with E-state index in [1.54, 1.807) is 0 Å². The Morgan fingerprint density at radius 3 is 2.25 bits per heavy atom. The highest BCUT2D eigenvalue weighted by Crippen LogP contribution is 2.31. The maximum absolute atomic E-state index is 13.6. The van der Waals surface area contributed by atoms with Gasteiger partial charge in [0.25, 0.3) is 0 Å². The smallest absolute Gasteiger partial charge is 0.387 e. The van der Waals surface area contributed by atoms with Crippen LogP contribution in [0.1, 0.15) is 0 Å². The van der Waals surface area contributed by atoms with Crippen LogP contribution in [-0.4, -0.2) is 11.7 Å². The van der Waals surface area contributed by atoms with Crippen LogP contribution in [0, 0.1) is 17.5 Å². The molecule has 0 saturated heterocycles. The topological polar surface area (TPSA) is 29.5 Å². The van der Waals surface area contributed by atoms with Crippen LogP contribution in [-0.2, 0) is 0 Å². The summed E-state index contributed by atoms with van der Waals surface area (Å²) in [5, 5.41) is 8.98. The minimum absolute atomic E-state index is 0.0829. The lowest BCUT2D eigenvalue weighted by atomic mass is 10.0. The molecule has 0 aliphatic rings. The van der Waals surface area contributed by atoms with Crippen LogP contribution in [0.5, 0.6) is 11.5 Å². The van der Waals surface area contributed by atoms with Crippen molar-refractivity contribution in [2.24, 2.45) is 0 Å². The van der Waals surface area contributed by atoms with Crippen molar-refractivity contribution in [2.45, 2.75) is 6.61 Å². The molecule has 2 rings (SSSR count). The molecule has 0 bridgehead atoms. The summed E-state index contributed by atoms with van der Waals surface area (Å²) in [5.41, 5.74) is -0.400. The molecule has 106 valence electrons. The lowest BCUT2D eigenvalue weighted by Gasteiger charge is -2.09. The van der Waals surface area contributed by atoms with E-state index in [9.17, 15) is 22.0 Å². The van der Waals surface area contributed by atoms with Gasteiger partial charge in [0.05, 0.1) is 0 Å². The molecule has 2 aromatic carbocycles. The molecule has 0 amide bonds. The molecule has 1 N–H and O–H groups in total. The van der Waals surface area contributed by atoms with Crippen molar-refractivity contribution in [3.05, 3.63) is 47.8 Å². The monoisotopic (exact) mass is 290 g/mol. The van der Waals surface area contributed by atoms with Crippen LogP contribution in [0.25, 0.3) is 11.1 Å².